The van der Waals surface area contributed by atoms with E-state index >= 15 is 0 Å². The van der Waals surface area contributed by atoms with E-state index in [0.29, 0.717) is 28.6 Å². The summed E-state index contributed by atoms with van der Waals surface area (Å²) >= 11 is 1.64. The molecule has 4 rings (SSSR count). The molecule has 6 nitrogen and oxygen atoms in total. The Bertz CT molecular complexity index is 1250. The van der Waals surface area contributed by atoms with Gasteiger partial charge in [-0.05, 0) is 59.2 Å². The number of thiophene rings is 1. The molecule has 0 aliphatic rings. The molecule has 182 valence electrons. The zero-order valence-corrected chi connectivity index (χ0v) is 20.9. The van der Waals surface area contributed by atoms with E-state index in [1.54, 1.807) is 39.8 Å². The average molecular weight is 493 g/mol. The second-order valence-electron chi connectivity index (χ2n) is 7.79. The minimum atomic E-state index is -0.125. The lowest BCUT2D eigenvalue weighted by Gasteiger charge is -2.12. The highest BCUT2D eigenvalue weighted by Crippen LogP contribution is 2.46. The SMILES string of the molecule is COc1ccc(-c2cc(-c3ccc(CO)c(OC)c3)sc2-c2ccc(OC)c(OC)c2)cc1CO. The smallest absolute Gasteiger partial charge is 0.161 e. The minimum absolute atomic E-state index is 0.0914. The molecule has 0 unspecified atom stereocenters. The average Bonchev–Trinajstić information content (AvgIpc) is 3.37. The number of ether oxygens (including phenoxy) is 4. The van der Waals surface area contributed by atoms with Gasteiger partial charge < -0.3 is 29.2 Å². The molecule has 35 heavy (non-hydrogen) atoms. The van der Waals surface area contributed by atoms with Crippen LogP contribution in [0.15, 0.2) is 60.7 Å². The highest BCUT2D eigenvalue weighted by atomic mass is 32.1. The van der Waals surface area contributed by atoms with Crippen LogP contribution in [0.4, 0.5) is 0 Å². The largest absolute Gasteiger partial charge is 0.496 e. The van der Waals surface area contributed by atoms with E-state index in [-0.39, 0.29) is 13.2 Å². The van der Waals surface area contributed by atoms with Crippen LogP contribution in [-0.4, -0.2) is 38.7 Å². The molecule has 2 N–H and O–H groups in total. The topological polar surface area (TPSA) is 77.4 Å². The summed E-state index contributed by atoms with van der Waals surface area (Å²) in [6.07, 6.45) is 0. The third-order valence-corrected chi connectivity index (χ3v) is 7.11. The van der Waals surface area contributed by atoms with E-state index in [4.69, 9.17) is 18.9 Å². The van der Waals surface area contributed by atoms with Gasteiger partial charge in [-0.15, -0.1) is 11.3 Å². The Kier molecular flexibility index (Phi) is 7.60. The van der Waals surface area contributed by atoms with Crippen molar-refractivity contribution in [2.75, 3.05) is 28.4 Å². The number of aliphatic hydroxyl groups excluding tert-OH is 2. The quantitative estimate of drug-likeness (QED) is 0.309. The van der Waals surface area contributed by atoms with Crippen LogP contribution in [0, 0.1) is 0 Å². The second kappa shape index (κ2) is 10.8. The molecule has 0 bridgehead atoms. The molecule has 0 saturated carbocycles. The molecule has 1 heterocycles. The van der Waals surface area contributed by atoms with Crippen LogP contribution in [0.2, 0.25) is 0 Å². The third-order valence-electron chi connectivity index (χ3n) is 5.88. The van der Waals surface area contributed by atoms with Gasteiger partial charge in [-0.2, -0.15) is 0 Å². The Hall–Kier alpha value is -3.52. The van der Waals surface area contributed by atoms with E-state index < -0.39 is 0 Å². The van der Waals surface area contributed by atoms with Gasteiger partial charge in [0.05, 0.1) is 41.7 Å². The van der Waals surface area contributed by atoms with Gasteiger partial charge in [0.2, 0.25) is 0 Å². The zero-order valence-electron chi connectivity index (χ0n) is 20.1. The van der Waals surface area contributed by atoms with Crippen molar-refractivity contribution < 1.29 is 29.2 Å². The number of benzene rings is 3. The molecule has 4 aromatic rings. The maximum absolute atomic E-state index is 9.88. The molecule has 0 spiro atoms. The fourth-order valence-electron chi connectivity index (χ4n) is 4.04. The van der Waals surface area contributed by atoms with Crippen molar-refractivity contribution in [2.45, 2.75) is 13.2 Å². The first-order valence-corrected chi connectivity index (χ1v) is 11.8. The minimum Gasteiger partial charge on any atom is -0.496 e. The number of hydrogen-bond acceptors (Lipinski definition) is 7. The van der Waals surface area contributed by atoms with Crippen LogP contribution in [0.5, 0.6) is 23.0 Å². The van der Waals surface area contributed by atoms with Gasteiger partial charge in [-0.1, -0.05) is 18.2 Å². The lowest BCUT2D eigenvalue weighted by molar-refractivity contribution is 0.273. The van der Waals surface area contributed by atoms with Gasteiger partial charge in [-0.3, -0.25) is 0 Å². The van der Waals surface area contributed by atoms with Crippen molar-refractivity contribution in [3.8, 4) is 55.0 Å². The van der Waals surface area contributed by atoms with E-state index in [9.17, 15) is 10.2 Å². The Balaban J connectivity index is 1.92. The normalized spacial score (nSPS) is 10.8. The molecule has 0 radical (unpaired) electrons. The molecule has 0 aliphatic carbocycles. The van der Waals surface area contributed by atoms with Crippen LogP contribution in [-0.2, 0) is 13.2 Å². The summed E-state index contributed by atoms with van der Waals surface area (Å²) in [5.74, 6) is 2.58. The molecule has 0 atom stereocenters. The van der Waals surface area contributed by atoms with Crippen LogP contribution >= 0.6 is 11.3 Å². The molecular weight excluding hydrogens is 464 g/mol. The van der Waals surface area contributed by atoms with Crippen LogP contribution in [0.25, 0.3) is 32.0 Å². The Labute approximate surface area is 208 Å². The highest BCUT2D eigenvalue weighted by molar-refractivity contribution is 7.19. The first-order valence-electron chi connectivity index (χ1n) is 11.0. The maximum Gasteiger partial charge on any atom is 0.161 e. The Morgan fingerprint density at radius 2 is 1.17 bits per heavy atom. The molecule has 1 aromatic heterocycles. The maximum atomic E-state index is 9.88. The summed E-state index contributed by atoms with van der Waals surface area (Å²) in [4.78, 5) is 2.08. The molecule has 0 saturated heterocycles. The number of rotatable bonds is 9. The van der Waals surface area contributed by atoms with Crippen LogP contribution in [0.3, 0.4) is 0 Å². The van der Waals surface area contributed by atoms with Crippen LogP contribution < -0.4 is 18.9 Å². The molecule has 7 heteroatoms. The number of methoxy groups -OCH3 is 4. The molecule has 0 fully saturated rings. The molecule has 0 amide bonds. The second-order valence-corrected chi connectivity index (χ2v) is 8.84. The summed E-state index contributed by atoms with van der Waals surface area (Å²) < 4.78 is 21.9. The van der Waals surface area contributed by atoms with Gasteiger partial charge in [-0.25, -0.2) is 0 Å². The first kappa shape index (κ1) is 24.6. The van der Waals surface area contributed by atoms with Gasteiger partial charge in [0, 0.05) is 26.4 Å². The predicted molar refractivity (Wildman–Crippen MR) is 139 cm³/mol. The van der Waals surface area contributed by atoms with Crippen molar-refractivity contribution >= 4 is 11.3 Å². The summed E-state index contributed by atoms with van der Waals surface area (Å²) in [7, 11) is 6.42. The lowest BCUT2D eigenvalue weighted by atomic mass is 9.99. The van der Waals surface area contributed by atoms with Gasteiger partial charge in [0.1, 0.15) is 11.5 Å². The monoisotopic (exact) mass is 492 g/mol. The molecular formula is C28H28O6S. The summed E-state index contributed by atoms with van der Waals surface area (Å²) in [5, 5.41) is 19.5. The van der Waals surface area contributed by atoms with Crippen molar-refractivity contribution in [3.05, 3.63) is 71.8 Å². The summed E-state index contributed by atoms with van der Waals surface area (Å²) in [6.45, 7) is -0.217. The van der Waals surface area contributed by atoms with Gasteiger partial charge in [0.25, 0.3) is 0 Å². The van der Waals surface area contributed by atoms with Crippen molar-refractivity contribution in [2.24, 2.45) is 0 Å². The molecule has 3 aromatic carbocycles. The summed E-state index contributed by atoms with van der Waals surface area (Å²) in [6, 6.07) is 19.6. The van der Waals surface area contributed by atoms with Crippen molar-refractivity contribution in [1.29, 1.82) is 0 Å². The van der Waals surface area contributed by atoms with Gasteiger partial charge in [0.15, 0.2) is 11.5 Å². The fraction of sp³-hybridized carbons (Fsp3) is 0.214. The lowest BCUT2D eigenvalue weighted by Crippen LogP contribution is -1.93. The van der Waals surface area contributed by atoms with E-state index in [1.165, 1.54) is 0 Å². The fourth-order valence-corrected chi connectivity index (χ4v) is 5.21. The van der Waals surface area contributed by atoms with Crippen molar-refractivity contribution in [3.63, 3.8) is 0 Å². The van der Waals surface area contributed by atoms with E-state index in [2.05, 4.69) is 6.07 Å². The highest BCUT2D eigenvalue weighted by Gasteiger charge is 2.18. The van der Waals surface area contributed by atoms with Gasteiger partial charge >= 0.3 is 0 Å². The third kappa shape index (κ3) is 4.84. The standard InChI is InChI=1S/C28H28O6S/c1-31-23-9-7-17(11-21(23)16-30)22-14-27(18-5-6-20(15-29)25(12-18)33-3)35-28(22)19-8-10-24(32-2)26(13-19)34-4/h5-14,29-30H,15-16H2,1-4H3. The van der Waals surface area contributed by atoms with E-state index in [0.717, 1.165) is 37.6 Å². The first-order chi connectivity index (χ1) is 17.1. The van der Waals surface area contributed by atoms with E-state index in [1.807, 2.05) is 54.6 Å². The molecule has 0 aliphatic heterocycles. The van der Waals surface area contributed by atoms with Crippen LogP contribution in [0.1, 0.15) is 11.1 Å². The Morgan fingerprint density at radius 1 is 0.571 bits per heavy atom. The summed E-state index contributed by atoms with van der Waals surface area (Å²) in [5.41, 5.74) is 5.38. The van der Waals surface area contributed by atoms with Crippen molar-refractivity contribution in [1.82, 2.24) is 0 Å². The predicted octanol–water partition coefficient (Wildman–Crippen LogP) is 5.77. The number of aliphatic hydroxyl groups is 2. The number of hydrogen-bond donors (Lipinski definition) is 2. The zero-order chi connectivity index (χ0) is 24.9. The Morgan fingerprint density at radius 3 is 1.83 bits per heavy atom.